The van der Waals surface area contributed by atoms with Crippen molar-refractivity contribution in [3.8, 4) is 17.1 Å². The molecule has 18 heavy (non-hydrogen) atoms. The molecule has 1 heterocycles. The van der Waals surface area contributed by atoms with E-state index in [4.69, 9.17) is 21.1 Å². The molecule has 96 valence electrons. The van der Waals surface area contributed by atoms with E-state index < -0.39 is 0 Å². The number of rotatable bonds is 4. The van der Waals surface area contributed by atoms with Crippen LogP contribution in [0, 0.1) is 0 Å². The van der Waals surface area contributed by atoms with Crippen molar-refractivity contribution in [2.45, 2.75) is 6.61 Å². The fourth-order valence-electron chi connectivity index (χ4n) is 1.64. The number of nitrogens with zero attached hydrogens (tertiary/aromatic N) is 3. The summed E-state index contributed by atoms with van der Waals surface area (Å²) in [5, 5.41) is 4.95. The normalized spacial score (nSPS) is 10.7. The van der Waals surface area contributed by atoms with E-state index in [1.54, 1.807) is 37.1 Å². The number of methoxy groups -OCH3 is 2. The van der Waals surface area contributed by atoms with Crippen molar-refractivity contribution in [1.29, 1.82) is 0 Å². The molecule has 0 amide bonds. The molecule has 0 atom stereocenters. The lowest BCUT2D eigenvalue weighted by atomic mass is 10.2. The molecule has 1 aromatic carbocycles. The van der Waals surface area contributed by atoms with Gasteiger partial charge in [-0.25, -0.2) is 4.98 Å². The Morgan fingerprint density at radius 1 is 1.33 bits per heavy atom. The highest BCUT2D eigenvalue weighted by atomic mass is 35.5. The topological polar surface area (TPSA) is 49.2 Å². The summed E-state index contributed by atoms with van der Waals surface area (Å²) in [4.78, 5) is 4.41. The van der Waals surface area contributed by atoms with Gasteiger partial charge in [0.25, 0.3) is 0 Å². The predicted molar refractivity (Wildman–Crippen MR) is 68.7 cm³/mol. The maximum absolute atomic E-state index is 5.99. The van der Waals surface area contributed by atoms with Gasteiger partial charge >= 0.3 is 0 Å². The zero-order valence-electron chi connectivity index (χ0n) is 10.5. The highest BCUT2D eigenvalue weighted by Gasteiger charge is 2.13. The third kappa shape index (κ3) is 2.47. The molecule has 2 rings (SSSR count). The van der Waals surface area contributed by atoms with Crippen LogP contribution in [0.4, 0.5) is 0 Å². The van der Waals surface area contributed by atoms with Crippen molar-refractivity contribution in [1.82, 2.24) is 14.8 Å². The molecule has 6 heteroatoms. The molecule has 0 aliphatic carbocycles. The first-order valence-electron chi connectivity index (χ1n) is 5.38. The molecule has 0 aliphatic rings. The summed E-state index contributed by atoms with van der Waals surface area (Å²) in [6.07, 6.45) is 0. The predicted octanol–water partition coefficient (Wildman–Crippen LogP) is 2.29. The molecule has 0 spiro atoms. The average molecular weight is 268 g/mol. The maximum Gasteiger partial charge on any atom is 0.185 e. The Bertz CT molecular complexity index is 554. The highest BCUT2D eigenvalue weighted by Crippen LogP contribution is 2.30. The first kappa shape index (κ1) is 12.9. The molecule has 0 saturated heterocycles. The lowest BCUT2D eigenvalue weighted by Crippen LogP contribution is -2.00. The lowest BCUT2D eigenvalue weighted by molar-refractivity contribution is 0.174. The Kier molecular flexibility index (Phi) is 3.84. The van der Waals surface area contributed by atoms with Crippen LogP contribution >= 0.6 is 11.6 Å². The van der Waals surface area contributed by atoms with Crippen molar-refractivity contribution in [3.05, 3.63) is 29.0 Å². The van der Waals surface area contributed by atoms with E-state index in [0.717, 1.165) is 11.4 Å². The SMILES string of the molecule is COCc1nc(-c2cc(Cl)ccc2OC)nn1C. The van der Waals surface area contributed by atoms with Gasteiger partial charge in [0.15, 0.2) is 11.6 Å². The summed E-state index contributed by atoms with van der Waals surface area (Å²) in [6.45, 7) is 0.409. The van der Waals surface area contributed by atoms with E-state index in [1.807, 2.05) is 7.05 Å². The van der Waals surface area contributed by atoms with Crippen molar-refractivity contribution in [2.75, 3.05) is 14.2 Å². The highest BCUT2D eigenvalue weighted by molar-refractivity contribution is 6.30. The Morgan fingerprint density at radius 2 is 2.11 bits per heavy atom. The molecule has 0 radical (unpaired) electrons. The minimum atomic E-state index is 0.409. The number of hydrogen-bond acceptors (Lipinski definition) is 4. The molecule has 5 nitrogen and oxygen atoms in total. The minimum Gasteiger partial charge on any atom is -0.496 e. The minimum absolute atomic E-state index is 0.409. The number of aryl methyl sites for hydroxylation is 1. The van der Waals surface area contributed by atoms with Crippen LogP contribution in [0.25, 0.3) is 11.4 Å². The van der Waals surface area contributed by atoms with Gasteiger partial charge < -0.3 is 9.47 Å². The molecule has 0 aliphatic heterocycles. The fourth-order valence-corrected chi connectivity index (χ4v) is 1.81. The van der Waals surface area contributed by atoms with Gasteiger partial charge in [-0.15, -0.1) is 0 Å². The average Bonchev–Trinajstić information content (AvgIpc) is 2.71. The molecule has 1 aromatic heterocycles. The van der Waals surface area contributed by atoms with Crippen LogP contribution in [-0.4, -0.2) is 29.0 Å². The summed E-state index contributed by atoms with van der Waals surface area (Å²) in [5.74, 6) is 2.01. The molecule has 0 N–H and O–H groups in total. The van der Waals surface area contributed by atoms with E-state index in [9.17, 15) is 0 Å². The van der Waals surface area contributed by atoms with E-state index in [2.05, 4.69) is 10.1 Å². The van der Waals surface area contributed by atoms with Crippen LogP contribution < -0.4 is 4.74 Å². The van der Waals surface area contributed by atoms with Gasteiger partial charge in [0.05, 0.1) is 12.7 Å². The molecule has 0 bridgehead atoms. The van der Waals surface area contributed by atoms with Crippen LogP contribution in [0.2, 0.25) is 5.02 Å². The lowest BCUT2D eigenvalue weighted by Gasteiger charge is -2.05. The second kappa shape index (κ2) is 5.37. The third-order valence-electron chi connectivity index (χ3n) is 2.53. The van der Waals surface area contributed by atoms with Gasteiger partial charge in [-0.3, -0.25) is 4.68 Å². The van der Waals surface area contributed by atoms with Gasteiger partial charge in [-0.1, -0.05) is 11.6 Å². The molecule has 2 aromatic rings. The van der Waals surface area contributed by atoms with Crippen molar-refractivity contribution >= 4 is 11.6 Å². The number of hydrogen-bond donors (Lipinski definition) is 0. The molecule has 0 unspecified atom stereocenters. The zero-order chi connectivity index (χ0) is 13.1. The Balaban J connectivity index is 2.47. The van der Waals surface area contributed by atoms with Crippen LogP contribution in [0.3, 0.4) is 0 Å². The smallest absolute Gasteiger partial charge is 0.185 e. The second-order valence-electron chi connectivity index (χ2n) is 3.75. The largest absolute Gasteiger partial charge is 0.496 e. The van der Waals surface area contributed by atoms with Crippen LogP contribution in [0.1, 0.15) is 5.82 Å². The van der Waals surface area contributed by atoms with Gasteiger partial charge in [-0.05, 0) is 18.2 Å². The Morgan fingerprint density at radius 3 is 2.78 bits per heavy atom. The van der Waals surface area contributed by atoms with Gasteiger partial charge in [0.1, 0.15) is 12.4 Å². The van der Waals surface area contributed by atoms with Crippen molar-refractivity contribution in [3.63, 3.8) is 0 Å². The molecule has 0 saturated carbocycles. The Labute approximate surface area is 110 Å². The van der Waals surface area contributed by atoms with Gasteiger partial charge in [-0.2, -0.15) is 5.10 Å². The molecule has 0 fully saturated rings. The van der Waals surface area contributed by atoms with E-state index >= 15 is 0 Å². The summed E-state index contributed by atoms with van der Waals surface area (Å²) in [5.41, 5.74) is 0.767. The second-order valence-corrected chi connectivity index (χ2v) is 4.19. The first-order chi connectivity index (χ1) is 8.65. The summed E-state index contributed by atoms with van der Waals surface area (Å²) < 4.78 is 12.0. The van der Waals surface area contributed by atoms with Crippen LogP contribution in [-0.2, 0) is 18.4 Å². The monoisotopic (exact) mass is 267 g/mol. The van der Waals surface area contributed by atoms with Crippen molar-refractivity contribution in [2.24, 2.45) is 7.05 Å². The van der Waals surface area contributed by atoms with Crippen LogP contribution in [0.15, 0.2) is 18.2 Å². The van der Waals surface area contributed by atoms with Crippen LogP contribution in [0.5, 0.6) is 5.75 Å². The van der Waals surface area contributed by atoms with Crippen molar-refractivity contribution < 1.29 is 9.47 Å². The van der Waals surface area contributed by atoms with Gasteiger partial charge in [0.2, 0.25) is 0 Å². The fraction of sp³-hybridized carbons (Fsp3) is 0.333. The van der Waals surface area contributed by atoms with E-state index in [0.29, 0.717) is 23.2 Å². The quantitative estimate of drug-likeness (QED) is 0.853. The zero-order valence-corrected chi connectivity index (χ0v) is 11.2. The van der Waals surface area contributed by atoms with Gasteiger partial charge in [0, 0.05) is 19.2 Å². The first-order valence-corrected chi connectivity index (χ1v) is 5.76. The number of halogens is 1. The third-order valence-corrected chi connectivity index (χ3v) is 2.76. The summed E-state index contributed by atoms with van der Waals surface area (Å²) in [7, 11) is 5.04. The summed E-state index contributed by atoms with van der Waals surface area (Å²) >= 11 is 5.99. The van der Waals surface area contributed by atoms with E-state index in [-0.39, 0.29) is 0 Å². The standard InChI is InChI=1S/C12H14ClN3O2/c1-16-11(7-17-2)14-12(15-16)9-6-8(13)4-5-10(9)18-3/h4-6H,7H2,1-3H3. The molecular formula is C12H14ClN3O2. The Hall–Kier alpha value is -1.59. The maximum atomic E-state index is 5.99. The number of ether oxygens (including phenoxy) is 2. The molecular weight excluding hydrogens is 254 g/mol. The number of benzene rings is 1. The van der Waals surface area contributed by atoms with E-state index in [1.165, 1.54) is 0 Å². The number of aromatic nitrogens is 3. The summed E-state index contributed by atoms with van der Waals surface area (Å²) in [6, 6.07) is 5.35.